The fourth-order valence-electron chi connectivity index (χ4n) is 2.07. The summed E-state index contributed by atoms with van der Waals surface area (Å²) >= 11 is 0. The highest BCUT2D eigenvalue weighted by molar-refractivity contribution is 7.91. The summed E-state index contributed by atoms with van der Waals surface area (Å²) in [6.07, 6.45) is 2.70. The fourth-order valence-corrected chi connectivity index (χ4v) is 2.80. The van der Waals surface area contributed by atoms with Gasteiger partial charge < -0.3 is 9.47 Å². The first kappa shape index (κ1) is 16.8. The molecular formula is C14H16F2O5S. The number of hydrogen-bond acceptors (Lipinski definition) is 5. The molecule has 1 saturated heterocycles. The summed E-state index contributed by atoms with van der Waals surface area (Å²) in [5.74, 6) is -4.14. The summed E-state index contributed by atoms with van der Waals surface area (Å²) < 4.78 is 57.8. The molecule has 0 aliphatic carbocycles. The first-order valence-corrected chi connectivity index (χ1v) is 8.37. The van der Waals surface area contributed by atoms with Crippen molar-refractivity contribution in [2.45, 2.75) is 36.0 Å². The molecule has 1 fully saturated rings. The van der Waals surface area contributed by atoms with Crippen LogP contribution in [0.15, 0.2) is 29.2 Å². The minimum Gasteiger partial charge on any atom is -0.459 e. The molecular weight excluding hydrogens is 318 g/mol. The minimum atomic E-state index is -4.65. The van der Waals surface area contributed by atoms with E-state index in [4.69, 9.17) is 9.47 Å². The van der Waals surface area contributed by atoms with E-state index in [9.17, 15) is 22.0 Å². The summed E-state index contributed by atoms with van der Waals surface area (Å²) in [6.45, 7) is 0.762. The van der Waals surface area contributed by atoms with Gasteiger partial charge >= 0.3 is 11.7 Å². The van der Waals surface area contributed by atoms with Gasteiger partial charge in [-0.15, -0.1) is 0 Å². The van der Waals surface area contributed by atoms with E-state index < -0.39 is 26.5 Å². The van der Waals surface area contributed by atoms with Gasteiger partial charge in [-0.2, -0.15) is 8.78 Å². The predicted octanol–water partition coefficient (Wildman–Crippen LogP) is 2.41. The maximum atomic E-state index is 12.4. The maximum Gasteiger partial charge on any atom is 0.341 e. The molecule has 0 spiro atoms. The molecule has 22 heavy (non-hydrogen) atoms. The summed E-state index contributed by atoms with van der Waals surface area (Å²) in [5, 5.41) is 0. The van der Waals surface area contributed by atoms with E-state index in [0.717, 1.165) is 43.5 Å². The smallest absolute Gasteiger partial charge is 0.341 e. The third kappa shape index (κ3) is 4.01. The molecule has 1 unspecified atom stereocenters. The second-order valence-electron chi connectivity index (χ2n) is 4.92. The molecule has 1 heterocycles. The Morgan fingerprint density at radius 2 is 1.95 bits per heavy atom. The van der Waals surface area contributed by atoms with E-state index in [1.54, 1.807) is 0 Å². The lowest BCUT2D eigenvalue weighted by molar-refractivity contribution is -0.0300. The van der Waals surface area contributed by atoms with Gasteiger partial charge in [-0.1, -0.05) is 0 Å². The highest BCUT2D eigenvalue weighted by atomic mass is 32.2. The summed E-state index contributed by atoms with van der Waals surface area (Å²) in [4.78, 5) is 11.3. The summed E-state index contributed by atoms with van der Waals surface area (Å²) in [5.41, 5.74) is 0.101. The molecule has 1 aliphatic heterocycles. The average molecular weight is 334 g/mol. The lowest BCUT2D eigenvalue weighted by Crippen LogP contribution is -2.25. The number of carbonyl (C=O) groups is 1. The largest absolute Gasteiger partial charge is 0.459 e. The van der Waals surface area contributed by atoms with E-state index in [-0.39, 0.29) is 18.3 Å². The Morgan fingerprint density at radius 3 is 2.50 bits per heavy atom. The number of alkyl halides is 2. The molecule has 5 nitrogen and oxygen atoms in total. The molecule has 8 heteroatoms. The number of rotatable bonds is 5. The third-order valence-corrected chi connectivity index (χ3v) is 4.73. The van der Waals surface area contributed by atoms with E-state index in [0.29, 0.717) is 6.61 Å². The normalized spacial score (nSPS) is 19.1. The van der Waals surface area contributed by atoms with Crippen molar-refractivity contribution >= 4 is 15.8 Å². The van der Waals surface area contributed by atoms with Crippen LogP contribution in [0.5, 0.6) is 0 Å². The second-order valence-corrected chi connectivity index (χ2v) is 6.83. The SMILES string of the molecule is O=C(OCC1CCCCO1)c1ccc(S(=O)(=O)C(F)F)cc1. The second kappa shape index (κ2) is 7.15. The topological polar surface area (TPSA) is 69.7 Å². The van der Waals surface area contributed by atoms with Crippen molar-refractivity contribution in [3.8, 4) is 0 Å². The van der Waals surface area contributed by atoms with E-state index in [1.165, 1.54) is 0 Å². The van der Waals surface area contributed by atoms with Gasteiger partial charge in [-0.05, 0) is 43.5 Å². The van der Waals surface area contributed by atoms with Crippen LogP contribution in [0.25, 0.3) is 0 Å². The van der Waals surface area contributed by atoms with E-state index in [2.05, 4.69) is 0 Å². The lowest BCUT2D eigenvalue weighted by Gasteiger charge is -2.22. The number of esters is 1. The Labute approximate surface area is 127 Å². The highest BCUT2D eigenvalue weighted by Crippen LogP contribution is 2.19. The van der Waals surface area contributed by atoms with Crippen molar-refractivity contribution in [1.29, 1.82) is 0 Å². The van der Waals surface area contributed by atoms with Crippen LogP contribution >= 0.6 is 0 Å². The monoisotopic (exact) mass is 334 g/mol. The van der Waals surface area contributed by atoms with Gasteiger partial charge in [0.1, 0.15) is 6.61 Å². The molecule has 0 bridgehead atoms. The highest BCUT2D eigenvalue weighted by Gasteiger charge is 2.26. The zero-order chi connectivity index (χ0) is 16.2. The van der Waals surface area contributed by atoms with Gasteiger partial charge in [0, 0.05) is 6.61 Å². The van der Waals surface area contributed by atoms with Crippen molar-refractivity contribution < 1.29 is 31.5 Å². The molecule has 0 aromatic heterocycles. The molecule has 1 aliphatic rings. The molecule has 122 valence electrons. The Morgan fingerprint density at radius 1 is 1.27 bits per heavy atom. The zero-order valence-electron chi connectivity index (χ0n) is 11.7. The maximum absolute atomic E-state index is 12.4. The molecule has 1 aromatic rings. The van der Waals surface area contributed by atoms with Crippen LogP contribution in [-0.2, 0) is 19.3 Å². The zero-order valence-corrected chi connectivity index (χ0v) is 12.5. The first-order chi connectivity index (χ1) is 10.4. The number of sulfone groups is 1. The van der Waals surface area contributed by atoms with E-state index in [1.807, 2.05) is 0 Å². The molecule has 0 N–H and O–H groups in total. The Hall–Kier alpha value is -1.54. The lowest BCUT2D eigenvalue weighted by atomic mass is 10.1. The molecule has 1 aromatic carbocycles. The fraction of sp³-hybridized carbons (Fsp3) is 0.500. The van der Waals surface area contributed by atoms with Crippen LogP contribution in [0.3, 0.4) is 0 Å². The van der Waals surface area contributed by atoms with Crippen LogP contribution in [0.1, 0.15) is 29.6 Å². The Bertz CT molecular complexity index is 607. The standard InChI is InChI=1S/C14H16F2O5S/c15-14(16)22(18,19)12-6-4-10(5-7-12)13(17)21-9-11-3-1-2-8-20-11/h4-7,11,14H,1-3,8-9H2. The molecule has 0 saturated carbocycles. The molecule has 0 amide bonds. The first-order valence-electron chi connectivity index (χ1n) is 6.82. The van der Waals surface area contributed by atoms with Gasteiger partial charge in [-0.25, -0.2) is 13.2 Å². The van der Waals surface area contributed by atoms with Gasteiger partial charge in [0.25, 0.3) is 0 Å². The van der Waals surface area contributed by atoms with Crippen molar-refractivity contribution in [3.05, 3.63) is 29.8 Å². The summed E-state index contributed by atoms with van der Waals surface area (Å²) in [7, 11) is -4.65. The van der Waals surface area contributed by atoms with Gasteiger partial charge in [-0.3, -0.25) is 0 Å². The van der Waals surface area contributed by atoms with Crippen LogP contribution in [-0.4, -0.2) is 39.5 Å². The summed E-state index contributed by atoms with van der Waals surface area (Å²) in [6, 6.07) is 4.24. The van der Waals surface area contributed by atoms with Crippen LogP contribution < -0.4 is 0 Å². The van der Waals surface area contributed by atoms with Crippen LogP contribution in [0, 0.1) is 0 Å². The number of ether oxygens (including phenoxy) is 2. The predicted molar refractivity (Wildman–Crippen MR) is 73.5 cm³/mol. The number of halogens is 2. The molecule has 0 radical (unpaired) electrons. The van der Waals surface area contributed by atoms with Gasteiger partial charge in [0.05, 0.1) is 16.6 Å². The van der Waals surface area contributed by atoms with Gasteiger partial charge in [0.15, 0.2) is 0 Å². The quantitative estimate of drug-likeness (QED) is 0.774. The van der Waals surface area contributed by atoms with E-state index >= 15 is 0 Å². The van der Waals surface area contributed by atoms with Crippen LogP contribution in [0.2, 0.25) is 0 Å². The average Bonchev–Trinajstić information content (AvgIpc) is 2.53. The number of hydrogen-bond donors (Lipinski definition) is 0. The molecule has 1 atom stereocenters. The Balaban J connectivity index is 1.96. The van der Waals surface area contributed by atoms with Crippen molar-refractivity contribution in [2.24, 2.45) is 0 Å². The van der Waals surface area contributed by atoms with Crippen molar-refractivity contribution in [2.75, 3.05) is 13.2 Å². The third-order valence-electron chi connectivity index (χ3n) is 3.33. The molecule has 2 rings (SSSR count). The van der Waals surface area contributed by atoms with Crippen molar-refractivity contribution in [1.82, 2.24) is 0 Å². The minimum absolute atomic E-state index is 0.101. The van der Waals surface area contributed by atoms with Gasteiger partial charge in [0.2, 0.25) is 9.84 Å². The van der Waals surface area contributed by atoms with Crippen molar-refractivity contribution in [3.63, 3.8) is 0 Å². The number of carbonyl (C=O) groups excluding carboxylic acids is 1. The Kier molecular flexibility index (Phi) is 5.47. The number of benzene rings is 1. The van der Waals surface area contributed by atoms with Crippen LogP contribution in [0.4, 0.5) is 8.78 Å².